The van der Waals surface area contributed by atoms with Crippen molar-refractivity contribution in [2.75, 3.05) is 25.0 Å². The van der Waals surface area contributed by atoms with Gasteiger partial charge in [-0.1, -0.05) is 57.2 Å². The van der Waals surface area contributed by atoms with E-state index < -0.39 is 0 Å². The number of hydrogen-bond donors (Lipinski definition) is 2. The smallest absolute Gasteiger partial charge is 0.253 e. The van der Waals surface area contributed by atoms with E-state index in [-0.39, 0.29) is 24.4 Å². The second-order valence-corrected chi connectivity index (χ2v) is 7.17. The van der Waals surface area contributed by atoms with Gasteiger partial charge in [0.25, 0.3) is 5.91 Å². The predicted molar refractivity (Wildman–Crippen MR) is 119 cm³/mol. The van der Waals surface area contributed by atoms with Crippen LogP contribution in [-0.4, -0.2) is 36.3 Å². The van der Waals surface area contributed by atoms with E-state index in [1.807, 2.05) is 35.2 Å². The minimum Gasteiger partial charge on any atom is -0.339 e. The number of amides is 2. The summed E-state index contributed by atoms with van der Waals surface area (Å²) in [7, 11) is 0. The fourth-order valence-corrected chi connectivity index (χ4v) is 3.37. The number of benzene rings is 2. The van der Waals surface area contributed by atoms with Crippen LogP contribution in [0, 0.1) is 0 Å². The first-order valence-corrected chi connectivity index (χ1v) is 10.6. The third-order valence-corrected chi connectivity index (χ3v) is 4.79. The quantitative estimate of drug-likeness (QED) is 0.583. The Balaban J connectivity index is 1.96. The topological polar surface area (TPSA) is 61.4 Å². The van der Waals surface area contributed by atoms with E-state index in [4.69, 9.17) is 0 Å². The lowest BCUT2D eigenvalue weighted by atomic mass is 10.0. The van der Waals surface area contributed by atoms with Crippen LogP contribution in [0.3, 0.4) is 0 Å². The molecule has 2 N–H and O–H groups in total. The van der Waals surface area contributed by atoms with Gasteiger partial charge in [-0.3, -0.25) is 9.59 Å². The largest absolute Gasteiger partial charge is 0.339 e. The molecule has 5 nitrogen and oxygen atoms in total. The van der Waals surface area contributed by atoms with Gasteiger partial charge < -0.3 is 15.5 Å². The number of nitrogens with zero attached hydrogens (tertiary/aromatic N) is 1. The number of anilines is 1. The van der Waals surface area contributed by atoms with Gasteiger partial charge in [-0.05, 0) is 43.0 Å². The zero-order chi connectivity index (χ0) is 21.1. The van der Waals surface area contributed by atoms with Crippen LogP contribution in [0.15, 0.2) is 54.6 Å². The molecule has 0 saturated carbocycles. The van der Waals surface area contributed by atoms with Crippen molar-refractivity contribution in [2.24, 2.45) is 0 Å². The van der Waals surface area contributed by atoms with Crippen LogP contribution in [0.2, 0.25) is 0 Å². The average Bonchev–Trinajstić information content (AvgIpc) is 2.74. The summed E-state index contributed by atoms with van der Waals surface area (Å²) < 4.78 is 0. The van der Waals surface area contributed by atoms with Crippen molar-refractivity contribution in [1.29, 1.82) is 0 Å². The number of nitrogens with one attached hydrogen (secondary N) is 2. The third kappa shape index (κ3) is 7.02. The van der Waals surface area contributed by atoms with E-state index in [1.54, 1.807) is 12.1 Å². The molecule has 0 heterocycles. The Morgan fingerprint density at radius 1 is 0.931 bits per heavy atom. The number of rotatable bonds is 11. The molecule has 1 unspecified atom stereocenters. The first-order chi connectivity index (χ1) is 14.1. The molecule has 0 fully saturated rings. The second-order valence-electron chi connectivity index (χ2n) is 7.17. The van der Waals surface area contributed by atoms with Crippen LogP contribution in [0.4, 0.5) is 5.69 Å². The highest BCUT2D eigenvalue weighted by Gasteiger charge is 2.15. The van der Waals surface area contributed by atoms with Crippen molar-refractivity contribution in [1.82, 2.24) is 10.2 Å². The fourth-order valence-electron chi connectivity index (χ4n) is 3.37. The lowest BCUT2D eigenvalue weighted by Crippen LogP contribution is -2.33. The molecular weight excluding hydrogens is 362 g/mol. The highest BCUT2D eigenvalue weighted by molar-refractivity contribution is 5.97. The molecule has 0 spiro atoms. The molecular formula is C24H33N3O2. The molecule has 0 saturated heterocycles. The maximum absolute atomic E-state index is 12.8. The maximum atomic E-state index is 12.8. The van der Waals surface area contributed by atoms with E-state index in [0.29, 0.717) is 11.3 Å². The number of hydrogen-bond acceptors (Lipinski definition) is 3. The molecule has 5 heteroatoms. The van der Waals surface area contributed by atoms with Crippen LogP contribution < -0.4 is 10.6 Å². The molecule has 1 atom stereocenters. The lowest BCUT2D eigenvalue weighted by Gasteiger charge is -2.22. The summed E-state index contributed by atoms with van der Waals surface area (Å²) in [6, 6.07) is 17.4. The average molecular weight is 396 g/mol. The van der Waals surface area contributed by atoms with Gasteiger partial charge in [0.15, 0.2) is 0 Å². The van der Waals surface area contributed by atoms with Crippen LogP contribution in [0.1, 0.15) is 62.0 Å². The lowest BCUT2D eigenvalue weighted by molar-refractivity contribution is -0.115. The monoisotopic (exact) mass is 395 g/mol. The summed E-state index contributed by atoms with van der Waals surface area (Å²) in [5, 5.41) is 6.21. The molecule has 2 rings (SSSR count). The number of carbonyl (C=O) groups is 2. The first-order valence-electron chi connectivity index (χ1n) is 10.6. The van der Waals surface area contributed by atoms with E-state index in [9.17, 15) is 9.59 Å². The van der Waals surface area contributed by atoms with Crippen LogP contribution in [-0.2, 0) is 4.79 Å². The van der Waals surface area contributed by atoms with E-state index >= 15 is 0 Å². The Labute approximate surface area is 174 Å². The van der Waals surface area contributed by atoms with Crippen molar-refractivity contribution in [3.8, 4) is 0 Å². The molecule has 2 aromatic rings. The summed E-state index contributed by atoms with van der Waals surface area (Å²) >= 11 is 0. The van der Waals surface area contributed by atoms with Crippen molar-refractivity contribution >= 4 is 17.5 Å². The molecule has 0 aliphatic rings. The van der Waals surface area contributed by atoms with Crippen molar-refractivity contribution < 1.29 is 9.59 Å². The minimum atomic E-state index is -0.122. The van der Waals surface area contributed by atoms with Gasteiger partial charge in [-0.2, -0.15) is 0 Å². The number of carbonyl (C=O) groups excluding carboxylic acids is 2. The normalized spacial score (nSPS) is 11.7. The Hall–Kier alpha value is -2.66. The highest BCUT2D eigenvalue weighted by Crippen LogP contribution is 2.16. The summed E-state index contributed by atoms with van der Waals surface area (Å²) in [4.78, 5) is 27.1. The van der Waals surface area contributed by atoms with Gasteiger partial charge in [0.1, 0.15) is 0 Å². The molecule has 0 radical (unpaired) electrons. The summed E-state index contributed by atoms with van der Waals surface area (Å²) in [6.07, 6.45) is 2.74. The Morgan fingerprint density at radius 2 is 1.62 bits per heavy atom. The van der Waals surface area contributed by atoms with E-state index in [2.05, 4.69) is 43.5 Å². The molecule has 2 amide bonds. The molecule has 0 aromatic heterocycles. The van der Waals surface area contributed by atoms with Crippen LogP contribution in [0.25, 0.3) is 0 Å². The Kier molecular flexibility index (Phi) is 9.38. The predicted octanol–water partition coefficient (Wildman–Crippen LogP) is 4.63. The molecule has 0 bridgehead atoms. The summed E-state index contributed by atoms with van der Waals surface area (Å²) in [6.45, 7) is 7.92. The molecule has 0 aliphatic carbocycles. The van der Waals surface area contributed by atoms with Gasteiger partial charge >= 0.3 is 0 Å². The van der Waals surface area contributed by atoms with Crippen LogP contribution >= 0.6 is 0 Å². The standard InChI is InChI=1S/C24H33N3O2/c1-4-15-27(16-5-2)24(29)20-13-10-14-21(17-20)26-23(28)18-25-22(6-3)19-11-8-7-9-12-19/h7-14,17,22,25H,4-6,15-16,18H2,1-3H3,(H,26,28). The maximum Gasteiger partial charge on any atom is 0.253 e. The zero-order valence-corrected chi connectivity index (χ0v) is 17.8. The fraction of sp³-hybridized carbons (Fsp3) is 0.417. The van der Waals surface area contributed by atoms with Gasteiger partial charge in [-0.15, -0.1) is 0 Å². The second kappa shape index (κ2) is 12.0. The van der Waals surface area contributed by atoms with Crippen molar-refractivity contribution in [3.63, 3.8) is 0 Å². The summed E-state index contributed by atoms with van der Waals surface area (Å²) in [5.41, 5.74) is 2.42. The SMILES string of the molecule is CCCN(CCC)C(=O)c1cccc(NC(=O)CNC(CC)c2ccccc2)c1. The van der Waals surface area contributed by atoms with E-state index in [0.717, 1.165) is 32.4 Å². The first kappa shape index (κ1) is 22.6. The Morgan fingerprint density at radius 3 is 2.24 bits per heavy atom. The van der Waals surface area contributed by atoms with Crippen LogP contribution in [0.5, 0.6) is 0 Å². The minimum absolute atomic E-state index is 0.0121. The van der Waals surface area contributed by atoms with Gasteiger partial charge in [0, 0.05) is 30.4 Å². The molecule has 2 aromatic carbocycles. The Bertz CT molecular complexity index is 771. The van der Waals surface area contributed by atoms with E-state index in [1.165, 1.54) is 5.56 Å². The third-order valence-electron chi connectivity index (χ3n) is 4.79. The van der Waals surface area contributed by atoms with Gasteiger partial charge in [-0.25, -0.2) is 0 Å². The van der Waals surface area contributed by atoms with Gasteiger partial charge in [0.2, 0.25) is 5.91 Å². The summed E-state index contributed by atoms with van der Waals surface area (Å²) in [5.74, 6) is -0.110. The molecule has 29 heavy (non-hydrogen) atoms. The highest BCUT2D eigenvalue weighted by atomic mass is 16.2. The zero-order valence-electron chi connectivity index (χ0n) is 17.8. The van der Waals surface area contributed by atoms with Crippen molar-refractivity contribution in [2.45, 2.75) is 46.1 Å². The van der Waals surface area contributed by atoms with Gasteiger partial charge in [0.05, 0.1) is 6.54 Å². The molecule has 0 aliphatic heterocycles. The van der Waals surface area contributed by atoms with Crippen molar-refractivity contribution in [3.05, 3.63) is 65.7 Å². The molecule has 156 valence electrons.